The number of benzene rings is 1. The molecule has 1 nitrogen and oxygen atoms in total. The highest BCUT2D eigenvalue weighted by molar-refractivity contribution is 5.61. The molecule has 1 aliphatic heterocycles. The van der Waals surface area contributed by atoms with Crippen molar-refractivity contribution in [2.24, 2.45) is 5.92 Å². The van der Waals surface area contributed by atoms with E-state index in [1.807, 2.05) is 0 Å². The van der Waals surface area contributed by atoms with E-state index in [2.05, 4.69) is 57.7 Å². The Labute approximate surface area is 112 Å². The summed E-state index contributed by atoms with van der Waals surface area (Å²) in [5.41, 5.74) is 4.53. The topological polar surface area (TPSA) is 3.24 Å². The fourth-order valence-corrected chi connectivity index (χ4v) is 3.05. The molecule has 1 heterocycles. The van der Waals surface area contributed by atoms with Crippen LogP contribution in [0.5, 0.6) is 0 Å². The number of nitrogens with zero attached hydrogens (tertiary/aromatic N) is 1. The Morgan fingerprint density at radius 2 is 1.94 bits per heavy atom. The first-order valence-corrected chi connectivity index (χ1v) is 7.44. The summed E-state index contributed by atoms with van der Waals surface area (Å²) >= 11 is 0. The highest BCUT2D eigenvalue weighted by Crippen LogP contribution is 2.36. The quantitative estimate of drug-likeness (QED) is 0.749. The first-order chi connectivity index (χ1) is 8.54. The van der Waals surface area contributed by atoms with Gasteiger partial charge in [-0.2, -0.15) is 0 Å². The Kier molecular flexibility index (Phi) is 3.99. The van der Waals surface area contributed by atoms with Gasteiger partial charge in [-0.25, -0.2) is 0 Å². The normalized spacial score (nSPS) is 18.8. The second-order valence-electron chi connectivity index (χ2n) is 6.25. The molecule has 18 heavy (non-hydrogen) atoms. The molecule has 1 aliphatic rings. The average Bonchev–Trinajstić information content (AvgIpc) is 2.68. The van der Waals surface area contributed by atoms with Gasteiger partial charge < -0.3 is 4.90 Å². The lowest BCUT2D eigenvalue weighted by atomic mass is 9.96. The van der Waals surface area contributed by atoms with Gasteiger partial charge in [-0.05, 0) is 41.9 Å². The fraction of sp³-hybridized carbons (Fsp3) is 0.647. The van der Waals surface area contributed by atoms with Crippen LogP contribution >= 0.6 is 0 Å². The van der Waals surface area contributed by atoms with Crippen molar-refractivity contribution in [3.05, 3.63) is 29.3 Å². The summed E-state index contributed by atoms with van der Waals surface area (Å²) in [6, 6.07) is 7.80. The molecule has 0 saturated heterocycles. The van der Waals surface area contributed by atoms with Crippen LogP contribution in [-0.2, 0) is 6.42 Å². The molecule has 0 saturated carbocycles. The number of rotatable bonds is 4. The van der Waals surface area contributed by atoms with Crippen LogP contribution < -0.4 is 4.90 Å². The molecule has 0 radical (unpaired) electrons. The Morgan fingerprint density at radius 3 is 2.50 bits per heavy atom. The van der Waals surface area contributed by atoms with E-state index in [1.54, 1.807) is 5.56 Å². The maximum atomic E-state index is 2.63. The number of hydrogen-bond acceptors (Lipinski definition) is 1. The van der Waals surface area contributed by atoms with E-state index < -0.39 is 0 Å². The lowest BCUT2D eigenvalue weighted by Crippen LogP contribution is -2.36. The van der Waals surface area contributed by atoms with Gasteiger partial charge in [-0.3, -0.25) is 0 Å². The summed E-state index contributed by atoms with van der Waals surface area (Å²) in [5.74, 6) is 1.36. The van der Waals surface area contributed by atoms with Crippen molar-refractivity contribution in [1.29, 1.82) is 0 Å². The van der Waals surface area contributed by atoms with Crippen LogP contribution in [0.3, 0.4) is 0 Å². The monoisotopic (exact) mass is 245 g/mol. The van der Waals surface area contributed by atoms with Crippen LogP contribution in [0, 0.1) is 5.92 Å². The van der Waals surface area contributed by atoms with Crippen molar-refractivity contribution in [3.63, 3.8) is 0 Å². The Balaban J connectivity index is 2.33. The lowest BCUT2D eigenvalue weighted by molar-refractivity contribution is 0.470. The molecule has 0 bridgehead atoms. The molecule has 0 N–H and O–H groups in total. The number of fused-ring (bicyclic) bond motifs is 1. The van der Waals surface area contributed by atoms with Crippen LogP contribution in [0.2, 0.25) is 0 Å². The Morgan fingerprint density at radius 1 is 1.22 bits per heavy atom. The molecular formula is C17H27N. The summed E-state index contributed by atoms with van der Waals surface area (Å²) in [5, 5.41) is 0. The van der Waals surface area contributed by atoms with E-state index in [1.165, 1.54) is 30.6 Å². The molecule has 0 aromatic heterocycles. The van der Waals surface area contributed by atoms with Crippen molar-refractivity contribution in [1.82, 2.24) is 0 Å². The Bertz CT molecular complexity index is 406. The minimum Gasteiger partial charge on any atom is -0.368 e. The van der Waals surface area contributed by atoms with Gasteiger partial charge >= 0.3 is 0 Å². The third-order valence-electron chi connectivity index (χ3n) is 4.14. The summed E-state index contributed by atoms with van der Waals surface area (Å²) < 4.78 is 0. The van der Waals surface area contributed by atoms with Gasteiger partial charge in [0, 0.05) is 18.3 Å². The Hall–Kier alpha value is -0.980. The van der Waals surface area contributed by atoms with Crippen molar-refractivity contribution in [2.45, 2.75) is 59.4 Å². The molecule has 1 unspecified atom stereocenters. The zero-order valence-corrected chi connectivity index (χ0v) is 12.5. The van der Waals surface area contributed by atoms with Crippen molar-refractivity contribution in [3.8, 4) is 0 Å². The van der Waals surface area contributed by atoms with Crippen molar-refractivity contribution < 1.29 is 0 Å². The van der Waals surface area contributed by atoms with Crippen LogP contribution in [0.15, 0.2) is 18.2 Å². The maximum Gasteiger partial charge on any atom is 0.0402 e. The van der Waals surface area contributed by atoms with Gasteiger partial charge in [0.1, 0.15) is 0 Å². The fourth-order valence-electron chi connectivity index (χ4n) is 3.05. The third kappa shape index (κ3) is 2.41. The van der Waals surface area contributed by atoms with E-state index in [0.29, 0.717) is 12.0 Å². The van der Waals surface area contributed by atoms with E-state index in [9.17, 15) is 0 Å². The third-order valence-corrected chi connectivity index (χ3v) is 4.14. The maximum absolute atomic E-state index is 2.63. The van der Waals surface area contributed by atoms with Crippen LogP contribution in [-0.4, -0.2) is 12.6 Å². The minimum absolute atomic E-state index is 0.632. The van der Waals surface area contributed by atoms with Gasteiger partial charge in [0.15, 0.2) is 0 Å². The van der Waals surface area contributed by atoms with E-state index in [0.717, 1.165) is 5.92 Å². The molecule has 1 aromatic carbocycles. The van der Waals surface area contributed by atoms with Crippen LogP contribution in [0.1, 0.15) is 58.1 Å². The summed E-state index contributed by atoms with van der Waals surface area (Å²) in [6.45, 7) is 12.7. The van der Waals surface area contributed by atoms with Gasteiger partial charge in [0.25, 0.3) is 0 Å². The molecule has 100 valence electrons. The minimum atomic E-state index is 0.632. The first-order valence-electron chi connectivity index (χ1n) is 7.44. The molecular weight excluding hydrogens is 218 g/mol. The lowest BCUT2D eigenvalue weighted by Gasteiger charge is -2.30. The molecule has 0 aliphatic carbocycles. The largest absolute Gasteiger partial charge is 0.368 e. The predicted octanol–water partition coefficient (Wildman–Crippen LogP) is 4.61. The summed E-state index contributed by atoms with van der Waals surface area (Å²) in [6.07, 6.45) is 2.46. The van der Waals surface area contributed by atoms with Crippen LogP contribution in [0.4, 0.5) is 5.69 Å². The highest BCUT2D eigenvalue weighted by atomic mass is 15.2. The van der Waals surface area contributed by atoms with Gasteiger partial charge in [0.2, 0.25) is 0 Å². The van der Waals surface area contributed by atoms with E-state index >= 15 is 0 Å². The first kappa shape index (κ1) is 13.5. The van der Waals surface area contributed by atoms with Gasteiger partial charge in [-0.15, -0.1) is 0 Å². The zero-order chi connectivity index (χ0) is 13.3. The van der Waals surface area contributed by atoms with Crippen molar-refractivity contribution in [2.75, 3.05) is 11.4 Å². The van der Waals surface area contributed by atoms with Crippen molar-refractivity contribution >= 4 is 5.69 Å². The molecule has 1 aromatic rings. The van der Waals surface area contributed by atoms with Gasteiger partial charge in [-0.1, -0.05) is 46.8 Å². The average molecular weight is 245 g/mol. The number of hydrogen-bond donors (Lipinski definition) is 0. The zero-order valence-electron chi connectivity index (χ0n) is 12.5. The molecule has 0 spiro atoms. The van der Waals surface area contributed by atoms with E-state index in [-0.39, 0.29) is 0 Å². The number of anilines is 1. The predicted molar refractivity (Wildman–Crippen MR) is 80.5 cm³/mol. The second-order valence-corrected chi connectivity index (χ2v) is 6.25. The molecule has 0 amide bonds. The smallest absolute Gasteiger partial charge is 0.0402 e. The molecule has 2 rings (SSSR count). The highest BCUT2D eigenvalue weighted by Gasteiger charge is 2.30. The molecule has 0 fully saturated rings. The molecule has 1 atom stereocenters. The van der Waals surface area contributed by atoms with E-state index in [4.69, 9.17) is 0 Å². The molecule has 1 heteroatoms. The standard InChI is InChI=1S/C17H27N/c1-6-9-18-16-8-7-14(12(2)3)10-15(16)11-17(18)13(4)5/h7-8,10,12-13,17H,6,9,11H2,1-5H3. The SMILES string of the molecule is CCCN1c2ccc(C(C)C)cc2CC1C(C)C. The second kappa shape index (κ2) is 5.34. The van der Waals surface area contributed by atoms with Crippen LogP contribution in [0.25, 0.3) is 0 Å². The summed E-state index contributed by atoms with van der Waals surface area (Å²) in [4.78, 5) is 2.63. The van der Waals surface area contributed by atoms with Gasteiger partial charge in [0.05, 0.1) is 0 Å². The summed E-state index contributed by atoms with van der Waals surface area (Å²) in [7, 11) is 0.